The molecule has 8 nitrogen and oxygen atoms in total. The Balaban J connectivity index is 1.52. The maximum atomic E-state index is 13.3. The van der Waals surface area contributed by atoms with Crippen LogP contribution in [0.2, 0.25) is 0 Å². The Hall–Kier alpha value is -3.68. The Morgan fingerprint density at radius 2 is 1.79 bits per heavy atom. The molecule has 4 rings (SSSR count). The van der Waals surface area contributed by atoms with Crippen molar-refractivity contribution in [2.24, 2.45) is 13.0 Å². The van der Waals surface area contributed by atoms with Gasteiger partial charge in [-0.05, 0) is 55.0 Å². The van der Waals surface area contributed by atoms with Crippen LogP contribution in [0.25, 0.3) is 11.1 Å². The van der Waals surface area contributed by atoms with Gasteiger partial charge in [0.15, 0.2) is 11.9 Å². The summed E-state index contributed by atoms with van der Waals surface area (Å²) in [5.41, 5.74) is 4.50. The van der Waals surface area contributed by atoms with E-state index in [-0.39, 0.29) is 17.7 Å². The maximum absolute atomic E-state index is 13.3. The van der Waals surface area contributed by atoms with Crippen LogP contribution in [0.4, 0.5) is 5.69 Å². The van der Waals surface area contributed by atoms with Crippen molar-refractivity contribution >= 4 is 17.5 Å². The summed E-state index contributed by atoms with van der Waals surface area (Å²) in [6.07, 6.45) is 8.16. The lowest BCUT2D eigenvalue weighted by Crippen LogP contribution is -2.49. The number of amides is 2. The number of benzene rings is 1. The summed E-state index contributed by atoms with van der Waals surface area (Å²) in [7, 11) is 1.70. The zero-order chi connectivity index (χ0) is 24.2. The van der Waals surface area contributed by atoms with Crippen LogP contribution >= 0.6 is 0 Å². The van der Waals surface area contributed by atoms with Crippen LogP contribution in [-0.4, -0.2) is 27.6 Å². The molecule has 1 aliphatic carbocycles. The first kappa shape index (κ1) is 23.5. The van der Waals surface area contributed by atoms with E-state index in [1.165, 1.54) is 10.9 Å². The van der Waals surface area contributed by atoms with Crippen LogP contribution in [0.3, 0.4) is 0 Å². The minimum absolute atomic E-state index is 0.0901. The van der Waals surface area contributed by atoms with E-state index in [0.717, 1.165) is 53.5 Å². The van der Waals surface area contributed by atoms with Crippen molar-refractivity contribution < 1.29 is 14.3 Å². The van der Waals surface area contributed by atoms with Gasteiger partial charge in [0.1, 0.15) is 11.7 Å². The number of hydrogen-bond acceptors (Lipinski definition) is 4. The summed E-state index contributed by atoms with van der Waals surface area (Å²) in [6, 6.07) is 10.3. The van der Waals surface area contributed by atoms with Crippen LogP contribution in [0, 0.1) is 25.0 Å². The fourth-order valence-corrected chi connectivity index (χ4v) is 4.82. The van der Waals surface area contributed by atoms with Gasteiger partial charge >= 0.3 is 0 Å². The first-order chi connectivity index (χ1) is 16.3. The summed E-state index contributed by atoms with van der Waals surface area (Å²) < 4.78 is 2.36. The number of aryl methyl sites for hydroxylation is 2. The predicted molar refractivity (Wildman–Crippen MR) is 130 cm³/mol. The number of pyridine rings is 1. The lowest BCUT2D eigenvalue weighted by atomic mass is 9.83. The summed E-state index contributed by atoms with van der Waals surface area (Å²) in [5, 5.41) is 22.0. The number of aromatic nitrogens is 3. The summed E-state index contributed by atoms with van der Waals surface area (Å²) in [6.45, 7) is 3.77. The van der Waals surface area contributed by atoms with Gasteiger partial charge in [-0.3, -0.25) is 14.3 Å². The molecule has 34 heavy (non-hydrogen) atoms. The molecule has 2 heterocycles. The summed E-state index contributed by atoms with van der Waals surface area (Å²) >= 11 is 0. The van der Waals surface area contributed by atoms with Gasteiger partial charge in [0.05, 0.1) is 5.56 Å². The average molecular weight is 462 g/mol. The molecule has 1 unspecified atom stereocenters. The van der Waals surface area contributed by atoms with Gasteiger partial charge in [-0.25, -0.2) is 0 Å². The lowest BCUT2D eigenvalue weighted by molar-refractivity contribution is -0.611. The minimum Gasteiger partial charge on any atom is -0.618 e. The fraction of sp³-hybridized carbons (Fsp3) is 0.385. The van der Waals surface area contributed by atoms with Gasteiger partial charge in [-0.1, -0.05) is 31.4 Å². The first-order valence-electron chi connectivity index (χ1n) is 11.7. The van der Waals surface area contributed by atoms with E-state index in [9.17, 15) is 14.8 Å². The second kappa shape index (κ2) is 10.1. The van der Waals surface area contributed by atoms with Crippen molar-refractivity contribution in [3.05, 3.63) is 71.0 Å². The summed E-state index contributed by atoms with van der Waals surface area (Å²) in [5.74, 6) is -0.436. The molecule has 0 bridgehead atoms. The van der Waals surface area contributed by atoms with Gasteiger partial charge in [-0.2, -0.15) is 9.83 Å². The highest BCUT2D eigenvalue weighted by Crippen LogP contribution is 2.29. The molecule has 1 saturated carbocycles. The molecule has 0 radical (unpaired) electrons. The number of carbonyl (C=O) groups excluding carboxylic acids is 2. The lowest BCUT2D eigenvalue weighted by Gasteiger charge is -2.30. The smallest absolute Gasteiger partial charge is 0.270 e. The SMILES string of the molecule is Cc1cc[n+]([O-])c(C)c1-c1ccc(NC(=O)C(NC(=O)c2ccnn2C)C2CCCCC2)cc1. The zero-order valence-electron chi connectivity index (χ0n) is 19.9. The number of anilines is 1. The van der Waals surface area contributed by atoms with Crippen LogP contribution in [0.15, 0.2) is 48.8 Å². The molecule has 2 aromatic heterocycles. The molecule has 0 spiro atoms. The van der Waals surface area contributed by atoms with Gasteiger partial charge in [0.25, 0.3) is 5.91 Å². The van der Waals surface area contributed by atoms with E-state index in [1.54, 1.807) is 32.3 Å². The molecule has 0 saturated heterocycles. The van der Waals surface area contributed by atoms with Crippen molar-refractivity contribution in [1.82, 2.24) is 15.1 Å². The predicted octanol–water partition coefficient (Wildman–Crippen LogP) is 3.65. The zero-order valence-corrected chi connectivity index (χ0v) is 19.9. The normalized spacial score (nSPS) is 15.0. The van der Waals surface area contributed by atoms with Crippen molar-refractivity contribution in [1.29, 1.82) is 0 Å². The van der Waals surface area contributed by atoms with Crippen LogP contribution in [-0.2, 0) is 11.8 Å². The van der Waals surface area contributed by atoms with E-state index in [2.05, 4.69) is 15.7 Å². The monoisotopic (exact) mass is 461 g/mol. The molecule has 1 fully saturated rings. The summed E-state index contributed by atoms with van der Waals surface area (Å²) in [4.78, 5) is 26.2. The third-order valence-corrected chi connectivity index (χ3v) is 6.73. The standard InChI is InChI=1S/C26H31N5O3/c1-17-14-16-31(34)18(2)23(17)19-9-11-21(12-10-19)28-26(33)24(20-7-5-4-6-8-20)29-25(32)22-13-15-27-30(22)3/h9-16,20,24H,4-8H2,1-3H3,(H,28,33)(H,29,32). The van der Waals surface area contributed by atoms with Crippen LogP contribution in [0.5, 0.6) is 0 Å². The van der Waals surface area contributed by atoms with Gasteiger partial charge < -0.3 is 15.8 Å². The largest absolute Gasteiger partial charge is 0.618 e. The maximum Gasteiger partial charge on any atom is 0.270 e. The molecule has 1 aromatic carbocycles. The Morgan fingerprint density at radius 1 is 1.09 bits per heavy atom. The molecule has 0 aliphatic heterocycles. The molecular weight excluding hydrogens is 430 g/mol. The molecule has 8 heteroatoms. The van der Waals surface area contributed by atoms with E-state index in [4.69, 9.17) is 0 Å². The number of nitrogens with zero attached hydrogens (tertiary/aromatic N) is 3. The van der Waals surface area contributed by atoms with E-state index in [0.29, 0.717) is 17.1 Å². The number of nitrogens with one attached hydrogen (secondary N) is 2. The van der Waals surface area contributed by atoms with Gasteiger partial charge in [0, 0.05) is 31.9 Å². The molecule has 3 aromatic rings. The highest BCUT2D eigenvalue weighted by atomic mass is 16.5. The van der Waals surface area contributed by atoms with Crippen molar-refractivity contribution in [3.8, 4) is 11.1 Å². The number of rotatable bonds is 6. The third kappa shape index (κ3) is 4.95. The minimum atomic E-state index is -0.625. The van der Waals surface area contributed by atoms with Crippen molar-refractivity contribution in [3.63, 3.8) is 0 Å². The van der Waals surface area contributed by atoms with E-state index >= 15 is 0 Å². The van der Waals surface area contributed by atoms with Crippen molar-refractivity contribution in [2.75, 3.05) is 5.32 Å². The Kier molecular flexibility index (Phi) is 6.95. The first-order valence-corrected chi connectivity index (χ1v) is 11.7. The molecule has 178 valence electrons. The molecule has 1 atom stereocenters. The van der Waals surface area contributed by atoms with Gasteiger partial charge in [-0.15, -0.1) is 0 Å². The van der Waals surface area contributed by atoms with Crippen LogP contribution in [0.1, 0.15) is 53.8 Å². The molecule has 1 aliphatic rings. The second-order valence-electron chi connectivity index (χ2n) is 9.04. The van der Waals surface area contributed by atoms with Crippen LogP contribution < -0.4 is 15.4 Å². The molecule has 2 amide bonds. The third-order valence-electron chi connectivity index (χ3n) is 6.73. The topological polar surface area (TPSA) is 103 Å². The Bertz CT molecular complexity index is 1180. The number of hydrogen-bond donors (Lipinski definition) is 2. The molecular formula is C26H31N5O3. The Morgan fingerprint density at radius 3 is 2.44 bits per heavy atom. The van der Waals surface area contributed by atoms with Crippen molar-refractivity contribution in [2.45, 2.75) is 52.0 Å². The second-order valence-corrected chi connectivity index (χ2v) is 9.04. The van der Waals surface area contributed by atoms with E-state index < -0.39 is 6.04 Å². The van der Waals surface area contributed by atoms with E-state index in [1.807, 2.05) is 31.2 Å². The van der Waals surface area contributed by atoms with Gasteiger partial charge in [0.2, 0.25) is 5.91 Å². The highest BCUT2D eigenvalue weighted by Gasteiger charge is 2.32. The average Bonchev–Trinajstić information content (AvgIpc) is 3.27. The number of carbonyl (C=O) groups is 2. The molecule has 2 N–H and O–H groups in total. The highest BCUT2D eigenvalue weighted by molar-refractivity contribution is 6.00. The quantitative estimate of drug-likeness (QED) is 0.432. The fourth-order valence-electron chi connectivity index (χ4n) is 4.82. The Labute approximate surface area is 199 Å².